The highest BCUT2D eigenvalue weighted by Crippen LogP contribution is 2.16. The lowest BCUT2D eigenvalue weighted by molar-refractivity contribution is -0.116. The van der Waals surface area contributed by atoms with Crippen LogP contribution in [-0.2, 0) is 21.2 Å². The zero-order valence-corrected chi connectivity index (χ0v) is 17.8. The van der Waals surface area contributed by atoms with Gasteiger partial charge in [0.25, 0.3) is 5.91 Å². The van der Waals surface area contributed by atoms with Crippen LogP contribution >= 0.6 is 0 Å². The van der Waals surface area contributed by atoms with E-state index >= 15 is 0 Å². The lowest BCUT2D eigenvalue weighted by atomic mass is 10.1. The molecule has 2 amide bonds. The number of aryl methyl sites for hydroxylation is 1. The second-order valence-electron chi connectivity index (χ2n) is 6.72. The van der Waals surface area contributed by atoms with E-state index in [1.165, 1.54) is 18.0 Å². The Bertz CT molecular complexity index is 973. The van der Waals surface area contributed by atoms with Crippen LogP contribution < -0.4 is 10.0 Å². The average Bonchev–Trinajstić information content (AvgIpc) is 2.67. The molecule has 0 aromatic heterocycles. The smallest absolute Gasteiger partial charge is 0.254 e. The van der Waals surface area contributed by atoms with Crippen molar-refractivity contribution in [3.8, 4) is 0 Å². The molecule has 2 aromatic carbocycles. The molecule has 0 saturated carbocycles. The molecule has 8 heteroatoms. The minimum Gasteiger partial charge on any atom is -0.332 e. The molecule has 0 aliphatic rings. The Balaban J connectivity index is 2.04. The minimum absolute atomic E-state index is 0.00445. The standard InChI is InChI=1S/C21H27N3O4S/c1-4-13-29(27,28)23-18-11-8-10-17(14-18)21(26)24(3)15-20(25)22-19-12-7-6-9-16(19)5-2/h6-12,14,23H,4-5,13,15H2,1-3H3,(H,22,25). The van der Waals surface area contributed by atoms with Gasteiger partial charge in [0.15, 0.2) is 0 Å². The van der Waals surface area contributed by atoms with Gasteiger partial charge in [-0.25, -0.2) is 8.42 Å². The average molecular weight is 418 g/mol. The fourth-order valence-electron chi connectivity index (χ4n) is 2.86. The number of carbonyl (C=O) groups is 2. The third-order valence-electron chi connectivity index (χ3n) is 4.26. The van der Waals surface area contributed by atoms with Crippen LogP contribution in [0.5, 0.6) is 0 Å². The summed E-state index contributed by atoms with van der Waals surface area (Å²) >= 11 is 0. The van der Waals surface area contributed by atoms with Gasteiger partial charge in [-0.1, -0.05) is 38.1 Å². The molecular weight excluding hydrogens is 390 g/mol. The van der Waals surface area contributed by atoms with Gasteiger partial charge in [-0.05, 0) is 42.7 Å². The molecule has 2 aromatic rings. The number of amides is 2. The van der Waals surface area contributed by atoms with Crippen LogP contribution in [0.1, 0.15) is 36.2 Å². The maximum atomic E-state index is 12.7. The molecule has 0 heterocycles. The molecule has 0 atom stereocenters. The number of hydrogen-bond donors (Lipinski definition) is 2. The molecule has 0 aliphatic heterocycles. The fraction of sp³-hybridized carbons (Fsp3) is 0.333. The summed E-state index contributed by atoms with van der Waals surface area (Å²) in [5, 5.41) is 2.83. The van der Waals surface area contributed by atoms with E-state index in [2.05, 4.69) is 10.0 Å². The Hall–Kier alpha value is -2.87. The predicted octanol–water partition coefficient (Wildman–Crippen LogP) is 3.11. The van der Waals surface area contributed by atoms with E-state index in [0.717, 1.165) is 17.7 Å². The van der Waals surface area contributed by atoms with E-state index in [-0.39, 0.29) is 24.1 Å². The first-order valence-corrected chi connectivity index (χ1v) is 11.1. The van der Waals surface area contributed by atoms with E-state index in [0.29, 0.717) is 17.7 Å². The van der Waals surface area contributed by atoms with Crippen LogP contribution in [0.25, 0.3) is 0 Å². The number of nitrogens with zero attached hydrogens (tertiary/aromatic N) is 1. The molecule has 0 aliphatic carbocycles. The Morgan fingerprint density at radius 1 is 1.03 bits per heavy atom. The molecule has 2 rings (SSSR count). The number of rotatable bonds is 9. The summed E-state index contributed by atoms with van der Waals surface area (Å²) in [5.41, 5.74) is 2.36. The first kappa shape index (κ1) is 22.4. The molecule has 0 bridgehead atoms. The first-order valence-electron chi connectivity index (χ1n) is 9.49. The second kappa shape index (κ2) is 10.1. The fourth-order valence-corrected chi connectivity index (χ4v) is 3.99. The van der Waals surface area contributed by atoms with E-state index in [1.54, 1.807) is 25.1 Å². The highest BCUT2D eigenvalue weighted by molar-refractivity contribution is 7.92. The molecule has 0 unspecified atom stereocenters. The topological polar surface area (TPSA) is 95.6 Å². The van der Waals surface area contributed by atoms with Crippen molar-refractivity contribution in [2.75, 3.05) is 29.4 Å². The Kier molecular flexibility index (Phi) is 7.78. The molecule has 2 N–H and O–H groups in total. The molecule has 156 valence electrons. The largest absolute Gasteiger partial charge is 0.332 e. The van der Waals surface area contributed by atoms with Gasteiger partial charge in [-0.3, -0.25) is 14.3 Å². The molecule has 7 nitrogen and oxygen atoms in total. The van der Waals surface area contributed by atoms with E-state index in [4.69, 9.17) is 0 Å². The van der Waals surface area contributed by atoms with Crippen molar-refractivity contribution in [3.63, 3.8) is 0 Å². The number of benzene rings is 2. The molecule has 0 saturated heterocycles. The summed E-state index contributed by atoms with van der Waals surface area (Å²) in [6.45, 7) is 3.66. The van der Waals surface area contributed by atoms with Crippen molar-refractivity contribution in [3.05, 3.63) is 59.7 Å². The van der Waals surface area contributed by atoms with Crippen LogP contribution in [0.15, 0.2) is 48.5 Å². The summed E-state index contributed by atoms with van der Waals surface area (Å²) in [6.07, 6.45) is 1.28. The number of likely N-dealkylation sites (N-methyl/N-ethyl adjacent to an activating group) is 1. The van der Waals surface area contributed by atoms with E-state index in [9.17, 15) is 18.0 Å². The number of nitrogens with one attached hydrogen (secondary N) is 2. The van der Waals surface area contributed by atoms with Crippen LogP contribution in [-0.4, -0.2) is 44.5 Å². The Morgan fingerprint density at radius 3 is 2.45 bits per heavy atom. The number of para-hydroxylation sites is 1. The second-order valence-corrected chi connectivity index (χ2v) is 8.56. The normalized spacial score (nSPS) is 11.0. The predicted molar refractivity (Wildman–Crippen MR) is 116 cm³/mol. The number of hydrogen-bond acceptors (Lipinski definition) is 4. The lowest BCUT2D eigenvalue weighted by Gasteiger charge is -2.18. The quantitative estimate of drug-likeness (QED) is 0.655. The number of sulfonamides is 1. The van der Waals surface area contributed by atoms with Gasteiger partial charge in [0.1, 0.15) is 0 Å². The van der Waals surface area contributed by atoms with Crippen molar-refractivity contribution in [1.82, 2.24) is 4.90 Å². The van der Waals surface area contributed by atoms with Gasteiger partial charge in [-0.15, -0.1) is 0 Å². The first-order chi connectivity index (χ1) is 13.8. The van der Waals surface area contributed by atoms with Crippen molar-refractivity contribution in [2.24, 2.45) is 0 Å². The molecule has 29 heavy (non-hydrogen) atoms. The van der Waals surface area contributed by atoms with E-state index in [1.807, 2.05) is 31.2 Å². The van der Waals surface area contributed by atoms with Crippen LogP contribution in [0.4, 0.5) is 11.4 Å². The van der Waals surface area contributed by atoms with Crippen LogP contribution in [0.2, 0.25) is 0 Å². The van der Waals surface area contributed by atoms with Gasteiger partial charge in [0, 0.05) is 24.0 Å². The number of carbonyl (C=O) groups excluding carboxylic acids is 2. The van der Waals surface area contributed by atoms with Crippen molar-refractivity contribution in [1.29, 1.82) is 0 Å². The SMILES string of the molecule is CCCS(=O)(=O)Nc1cccc(C(=O)N(C)CC(=O)Nc2ccccc2CC)c1. The summed E-state index contributed by atoms with van der Waals surface area (Å²) in [5.74, 6) is -0.674. The summed E-state index contributed by atoms with van der Waals surface area (Å²) in [4.78, 5) is 26.3. The highest BCUT2D eigenvalue weighted by Gasteiger charge is 2.17. The van der Waals surface area contributed by atoms with E-state index < -0.39 is 10.0 Å². The number of anilines is 2. The molecular formula is C21H27N3O4S. The Labute approximate surface area is 172 Å². The van der Waals surface area contributed by atoms with Crippen LogP contribution in [0, 0.1) is 0 Å². The van der Waals surface area contributed by atoms with Gasteiger partial charge in [-0.2, -0.15) is 0 Å². The lowest BCUT2D eigenvalue weighted by Crippen LogP contribution is -2.35. The maximum Gasteiger partial charge on any atom is 0.254 e. The molecule has 0 fully saturated rings. The monoisotopic (exact) mass is 417 g/mol. The minimum atomic E-state index is -3.45. The Morgan fingerprint density at radius 2 is 1.76 bits per heavy atom. The van der Waals surface area contributed by atoms with Crippen molar-refractivity contribution >= 4 is 33.2 Å². The third-order valence-corrected chi connectivity index (χ3v) is 5.75. The summed E-state index contributed by atoms with van der Waals surface area (Å²) in [6, 6.07) is 13.7. The molecule has 0 radical (unpaired) electrons. The van der Waals surface area contributed by atoms with Crippen LogP contribution in [0.3, 0.4) is 0 Å². The zero-order valence-electron chi connectivity index (χ0n) is 16.9. The van der Waals surface area contributed by atoms with Gasteiger partial charge in [0.2, 0.25) is 15.9 Å². The molecule has 0 spiro atoms. The third kappa shape index (κ3) is 6.60. The highest BCUT2D eigenvalue weighted by atomic mass is 32.2. The van der Waals surface area contributed by atoms with Crippen molar-refractivity contribution < 1.29 is 18.0 Å². The summed E-state index contributed by atoms with van der Waals surface area (Å²) in [7, 11) is -1.92. The van der Waals surface area contributed by atoms with Gasteiger partial charge < -0.3 is 10.2 Å². The van der Waals surface area contributed by atoms with Gasteiger partial charge >= 0.3 is 0 Å². The zero-order chi connectivity index (χ0) is 21.4. The van der Waals surface area contributed by atoms with Gasteiger partial charge in [0.05, 0.1) is 12.3 Å². The summed E-state index contributed by atoms with van der Waals surface area (Å²) < 4.78 is 26.3. The maximum absolute atomic E-state index is 12.7. The van der Waals surface area contributed by atoms with Crippen molar-refractivity contribution in [2.45, 2.75) is 26.7 Å².